The van der Waals surface area contributed by atoms with Crippen molar-refractivity contribution in [1.29, 1.82) is 0 Å². The summed E-state index contributed by atoms with van der Waals surface area (Å²) in [5.41, 5.74) is 1.71. The van der Waals surface area contributed by atoms with Crippen molar-refractivity contribution in [3.63, 3.8) is 0 Å². The van der Waals surface area contributed by atoms with Crippen LogP contribution in [0.15, 0.2) is 58.1 Å². The van der Waals surface area contributed by atoms with Gasteiger partial charge in [0.2, 0.25) is 5.91 Å². The molecule has 2 fully saturated rings. The van der Waals surface area contributed by atoms with Gasteiger partial charge in [0.05, 0.1) is 17.7 Å². The predicted octanol–water partition coefficient (Wildman–Crippen LogP) is 1.19. The van der Waals surface area contributed by atoms with Crippen molar-refractivity contribution >= 4 is 22.6 Å². The summed E-state index contributed by atoms with van der Waals surface area (Å²) >= 11 is 0. The fraction of sp³-hybridized carbons (Fsp3) is 0.348. The Morgan fingerprint density at radius 2 is 1.58 bits per heavy atom. The number of para-hydroxylation sites is 1. The number of anilines is 1. The highest BCUT2D eigenvalue weighted by atomic mass is 16.2. The molecule has 3 N–H and O–H groups in total. The lowest BCUT2D eigenvalue weighted by Gasteiger charge is -2.43. The van der Waals surface area contributed by atoms with E-state index in [1.807, 2.05) is 36.4 Å². The van der Waals surface area contributed by atoms with Crippen LogP contribution in [0.3, 0.4) is 0 Å². The molecule has 5 rings (SSSR count). The van der Waals surface area contributed by atoms with Gasteiger partial charge in [-0.25, -0.2) is 0 Å². The number of aromatic nitrogens is 2. The molecule has 0 bridgehead atoms. The lowest BCUT2D eigenvalue weighted by molar-refractivity contribution is -0.125. The lowest BCUT2D eigenvalue weighted by Crippen LogP contribution is -2.56. The van der Waals surface area contributed by atoms with E-state index in [0.29, 0.717) is 17.7 Å². The van der Waals surface area contributed by atoms with E-state index >= 15 is 0 Å². The molecule has 0 saturated carbocycles. The molecule has 2 saturated heterocycles. The number of H-pyrrole nitrogens is 2. The first-order chi connectivity index (χ1) is 15.0. The summed E-state index contributed by atoms with van der Waals surface area (Å²) in [6.45, 7) is 3.14. The van der Waals surface area contributed by atoms with Gasteiger partial charge in [-0.2, -0.15) is 0 Å². The summed E-state index contributed by atoms with van der Waals surface area (Å²) in [7, 11) is 0. The number of rotatable bonds is 4. The number of benzene rings is 2. The molecule has 3 heterocycles. The number of aromatic amines is 2. The standard InChI is InChI=1S/C23H25N5O3/c29-20-21(30)26-19-14-16(6-7-18(19)25-20)8-11-27-12-9-23(10-13-27)22(31)24-15-28(23)17-4-2-1-3-5-17/h1-7,14H,8-13,15H2,(H,24,31)(H,25,29)(H,26,30). The van der Waals surface area contributed by atoms with Crippen LogP contribution < -0.4 is 21.3 Å². The summed E-state index contributed by atoms with van der Waals surface area (Å²) in [5, 5.41) is 3.04. The van der Waals surface area contributed by atoms with E-state index in [2.05, 4.69) is 37.2 Å². The Labute approximate surface area is 178 Å². The largest absolute Gasteiger partial charge is 0.339 e. The lowest BCUT2D eigenvalue weighted by atomic mass is 9.85. The maximum atomic E-state index is 12.8. The quantitative estimate of drug-likeness (QED) is 0.552. The van der Waals surface area contributed by atoms with Crippen LogP contribution in [0.4, 0.5) is 5.69 Å². The molecule has 2 aliphatic heterocycles. The van der Waals surface area contributed by atoms with Crippen molar-refractivity contribution in [3.05, 3.63) is 74.8 Å². The molecule has 31 heavy (non-hydrogen) atoms. The molecule has 0 aliphatic carbocycles. The van der Waals surface area contributed by atoms with Crippen molar-refractivity contribution in [1.82, 2.24) is 20.2 Å². The van der Waals surface area contributed by atoms with Crippen molar-refractivity contribution in [2.75, 3.05) is 31.2 Å². The Hall–Kier alpha value is -3.39. The second-order valence-electron chi connectivity index (χ2n) is 8.34. The average Bonchev–Trinajstić information content (AvgIpc) is 3.10. The van der Waals surface area contributed by atoms with Crippen LogP contribution in [0.5, 0.6) is 0 Å². The van der Waals surface area contributed by atoms with Gasteiger partial charge < -0.3 is 25.1 Å². The van der Waals surface area contributed by atoms with E-state index in [9.17, 15) is 14.4 Å². The summed E-state index contributed by atoms with van der Waals surface area (Å²) in [6.07, 6.45) is 2.42. The number of piperidine rings is 1. The molecule has 1 aromatic heterocycles. The Morgan fingerprint density at radius 1 is 0.871 bits per heavy atom. The minimum Gasteiger partial charge on any atom is -0.339 e. The number of amides is 1. The van der Waals surface area contributed by atoms with Crippen molar-refractivity contribution in [2.45, 2.75) is 24.8 Å². The van der Waals surface area contributed by atoms with E-state index in [1.54, 1.807) is 0 Å². The SMILES string of the molecule is O=C1NCN(c2ccccc2)C12CCN(CCc1ccc3[nH]c(=O)c(=O)[nH]c3c1)CC2. The second kappa shape index (κ2) is 7.70. The van der Waals surface area contributed by atoms with Gasteiger partial charge in [-0.1, -0.05) is 24.3 Å². The van der Waals surface area contributed by atoms with Crippen LogP contribution in [-0.4, -0.2) is 52.6 Å². The number of hydrogen-bond donors (Lipinski definition) is 3. The highest BCUT2D eigenvalue weighted by Crippen LogP contribution is 2.36. The number of likely N-dealkylation sites (tertiary alicyclic amines) is 1. The van der Waals surface area contributed by atoms with Crippen LogP contribution in [0.1, 0.15) is 18.4 Å². The van der Waals surface area contributed by atoms with Gasteiger partial charge in [0.15, 0.2) is 0 Å². The van der Waals surface area contributed by atoms with E-state index in [0.717, 1.165) is 50.1 Å². The molecule has 8 nitrogen and oxygen atoms in total. The molecular weight excluding hydrogens is 394 g/mol. The summed E-state index contributed by atoms with van der Waals surface area (Å²) in [6, 6.07) is 15.8. The first kappa shape index (κ1) is 19.6. The van der Waals surface area contributed by atoms with Gasteiger partial charge in [0, 0.05) is 25.3 Å². The van der Waals surface area contributed by atoms with Gasteiger partial charge >= 0.3 is 11.1 Å². The molecule has 0 radical (unpaired) electrons. The topological polar surface area (TPSA) is 101 Å². The molecule has 2 aliphatic rings. The fourth-order valence-corrected chi connectivity index (χ4v) is 4.78. The fourth-order valence-electron chi connectivity index (χ4n) is 4.78. The number of carbonyl (C=O) groups is 1. The third-order valence-corrected chi connectivity index (χ3v) is 6.59. The molecule has 8 heteroatoms. The Kier molecular flexibility index (Phi) is 4.86. The Bertz CT molecular complexity index is 1230. The molecule has 2 aromatic carbocycles. The van der Waals surface area contributed by atoms with Crippen LogP contribution >= 0.6 is 0 Å². The first-order valence-electron chi connectivity index (χ1n) is 10.6. The highest BCUT2D eigenvalue weighted by molar-refractivity contribution is 5.93. The molecular formula is C23H25N5O3. The van der Waals surface area contributed by atoms with Crippen LogP contribution in [-0.2, 0) is 11.2 Å². The molecule has 0 unspecified atom stereocenters. The third kappa shape index (κ3) is 3.53. The minimum absolute atomic E-state index is 0.128. The van der Waals surface area contributed by atoms with Gasteiger partial charge in [-0.3, -0.25) is 14.4 Å². The zero-order valence-corrected chi connectivity index (χ0v) is 17.2. The van der Waals surface area contributed by atoms with Crippen molar-refractivity contribution < 1.29 is 4.79 Å². The summed E-state index contributed by atoms with van der Waals surface area (Å²) < 4.78 is 0. The van der Waals surface area contributed by atoms with E-state index in [4.69, 9.17) is 0 Å². The molecule has 1 amide bonds. The van der Waals surface area contributed by atoms with E-state index in [-0.39, 0.29) is 5.91 Å². The van der Waals surface area contributed by atoms with Gasteiger partial charge in [0.1, 0.15) is 5.54 Å². The number of fused-ring (bicyclic) bond motifs is 1. The van der Waals surface area contributed by atoms with Crippen molar-refractivity contribution in [3.8, 4) is 0 Å². The van der Waals surface area contributed by atoms with E-state index < -0.39 is 16.7 Å². The highest BCUT2D eigenvalue weighted by Gasteiger charge is 2.50. The maximum absolute atomic E-state index is 12.8. The Balaban J connectivity index is 1.25. The molecule has 0 atom stereocenters. The second-order valence-corrected chi connectivity index (χ2v) is 8.34. The summed E-state index contributed by atoms with van der Waals surface area (Å²) in [4.78, 5) is 45.6. The molecule has 3 aromatic rings. The maximum Gasteiger partial charge on any atom is 0.314 e. The third-order valence-electron chi connectivity index (χ3n) is 6.59. The number of nitrogens with one attached hydrogen (secondary N) is 3. The minimum atomic E-state index is -0.636. The summed E-state index contributed by atoms with van der Waals surface area (Å²) in [5.74, 6) is 0.128. The molecule has 1 spiro atoms. The van der Waals surface area contributed by atoms with E-state index in [1.165, 1.54) is 0 Å². The normalized spacial score (nSPS) is 18.6. The Morgan fingerprint density at radius 3 is 2.32 bits per heavy atom. The van der Waals surface area contributed by atoms with Gasteiger partial charge in [-0.15, -0.1) is 0 Å². The van der Waals surface area contributed by atoms with Crippen LogP contribution in [0.25, 0.3) is 11.0 Å². The smallest absolute Gasteiger partial charge is 0.314 e. The molecule has 160 valence electrons. The number of hydrogen-bond acceptors (Lipinski definition) is 5. The number of nitrogens with zero attached hydrogens (tertiary/aromatic N) is 2. The predicted molar refractivity (Wildman–Crippen MR) is 119 cm³/mol. The average molecular weight is 419 g/mol. The van der Waals surface area contributed by atoms with Gasteiger partial charge in [-0.05, 0) is 49.1 Å². The number of carbonyl (C=O) groups excluding carboxylic acids is 1. The zero-order valence-electron chi connectivity index (χ0n) is 17.2. The first-order valence-corrected chi connectivity index (χ1v) is 10.6. The van der Waals surface area contributed by atoms with Crippen LogP contribution in [0.2, 0.25) is 0 Å². The monoisotopic (exact) mass is 419 g/mol. The van der Waals surface area contributed by atoms with Crippen LogP contribution in [0, 0.1) is 0 Å². The zero-order chi connectivity index (χ0) is 21.4. The van der Waals surface area contributed by atoms with Gasteiger partial charge in [0.25, 0.3) is 0 Å². The van der Waals surface area contributed by atoms with Crippen molar-refractivity contribution in [2.24, 2.45) is 0 Å².